The van der Waals surface area contributed by atoms with Crippen LogP contribution in [0.1, 0.15) is 74.4 Å². The van der Waals surface area contributed by atoms with E-state index >= 15 is 0 Å². The lowest BCUT2D eigenvalue weighted by Crippen LogP contribution is -2.38. The number of carbonyl (C=O) groups is 2. The number of phenolic OH excluding ortho intramolecular Hbond substituents is 1. The highest BCUT2D eigenvalue weighted by atomic mass is 16.6. The molecule has 1 aliphatic heterocycles. The molecule has 1 aliphatic rings. The van der Waals surface area contributed by atoms with E-state index in [-0.39, 0.29) is 17.2 Å². The summed E-state index contributed by atoms with van der Waals surface area (Å²) in [5.74, 6) is 0.275. The second kappa shape index (κ2) is 12.1. The average Bonchev–Trinajstić information content (AvgIpc) is 2.82. The van der Waals surface area contributed by atoms with E-state index in [1.807, 2.05) is 0 Å². The first-order valence-electron chi connectivity index (χ1n) is 11.7. The Morgan fingerprint density at radius 2 is 1.76 bits per heavy atom. The maximum atomic E-state index is 12.8. The van der Waals surface area contributed by atoms with Crippen molar-refractivity contribution in [3.05, 3.63) is 53.6 Å². The molecule has 0 aliphatic carbocycles. The molecule has 0 unspecified atom stereocenters. The molecule has 0 aromatic heterocycles. The van der Waals surface area contributed by atoms with Crippen molar-refractivity contribution in [3.8, 4) is 17.2 Å². The third-order valence-electron chi connectivity index (χ3n) is 5.60. The minimum absolute atomic E-state index is 0.0643. The molecule has 2 N–H and O–H groups in total. The van der Waals surface area contributed by atoms with Gasteiger partial charge in [-0.15, -0.1) is 0 Å². The molecule has 2 aromatic carbocycles. The van der Waals surface area contributed by atoms with E-state index in [9.17, 15) is 14.7 Å². The smallest absolute Gasteiger partial charge is 0.342 e. The van der Waals surface area contributed by atoms with E-state index in [2.05, 4.69) is 12.2 Å². The van der Waals surface area contributed by atoms with E-state index in [1.54, 1.807) is 37.3 Å². The van der Waals surface area contributed by atoms with E-state index < -0.39 is 18.1 Å². The maximum absolute atomic E-state index is 12.8. The number of esters is 1. The van der Waals surface area contributed by atoms with Crippen LogP contribution in [0.3, 0.4) is 0 Å². The third kappa shape index (κ3) is 6.88. The van der Waals surface area contributed by atoms with Gasteiger partial charge in [0.2, 0.25) is 5.91 Å². The van der Waals surface area contributed by atoms with Crippen molar-refractivity contribution >= 4 is 11.9 Å². The van der Waals surface area contributed by atoms with Crippen LogP contribution in [0, 0.1) is 0 Å². The molecule has 0 fully saturated rings. The zero-order valence-electron chi connectivity index (χ0n) is 19.3. The van der Waals surface area contributed by atoms with Gasteiger partial charge < -0.3 is 24.6 Å². The van der Waals surface area contributed by atoms with Crippen LogP contribution in [0.2, 0.25) is 0 Å². The number of ether oxygens (including phenoxy) is 3. The highest BCUT2D eigenvalue weighted by molar-refractivity contribution is 5.92. The van der Waals surface area contributed by atoms with Gasteiger partial charge in [-0.3, -0.25) is 4.79 Å². The van der Waals surface area contributed by atoms with E-state index in [0.29, 0.717) is 36.7 Å². The van der Waals surface area contributed by atoms with Gasteiger partial charge in [0.05, 0.1) is 6.04 Å². The number of phenols is 1. The molecule has 3 rings (SSSR count). The van der Waals surface area contributed by atoms with Crippen molar-refractivity contribution in [1.29, 1.82) is 0 Å². The number of para-hydroxylation sites is 1. The Labute approximate surface area is 195 Å². The Morgan fingerprint density at radius 1 is 1.03 bits per heavy atom. The van der Waals surface area contributed by atoms with Gasteiger partial charge in [-0.1, -0.05) is 50.8 Å². The number of fused-ring (bicyclic) bond motifs is 1. The van der Waals surface area contributed by atoms with E-state index in [0.717, 1.165) is 25.7 Å². The molecule has 2 aromatic rings. The first-order valence-corrected chi connectivity index (χ1v) is 11.7. The summed E-state index contributed by atoms with van der Waals surface area (Å²) in [6, 6.07) is 11.1. The van der Waals surface area contributed by atoms with Crippen molar-refractivity contribution in [2.45, 2.75) is 64.5 Å². The molecule has 33 heavy (non-hydrogen) atoms. The van der Waals surface area contributed by atoms with E-state index in [4.69, 9.17) is 14.2 Å². The molecule has 0 saturated heterocycles. The van der Waals surface area contributed by atoms with E-state index in [1.165, 1.54) is 18.6 Å². The SMILES string of the molecule is CCCCCCCC(=O)N[C@H](C)[C@H](OC(=O)c1ccccc1O)c1ccc2c(c1)OCCO2. The Bertz CT molecular complexity index is 944. The van der Waals surface area contributed by atoms with Crippen molar-refractivity contribution in [2.75, 3.05) is 13.2 Å². The summed E-state index contributed by atoms with van der Waals surface area (Å²) in [5, 5.41) is 13.0. The first kappa shape index (κ1) is 24.4. The van der Waals surface area contributed by atoms with Crippen LogP contribution in [0.15, 0.2) is 42.5 Å². The summed E-state index contributed by atoms with van der Waals surface area (Å²) < 4.78 is 17.1. The van der Waals surface area contributed by atoms with Crippen LogP contribution >= 0.6 is 0 Å². The molecule has 0 radical (unpaired) electrons. The minimum Gasteiger partial charge on any atom is -0.507 e. The van der Waals surface area contributed by atoms with Crippen LogP contribution in [0.5, 0.6) is 17.2 Å². The van der Waals surface area contributed by atoms with Gasteiger partial charge >= 0.3 is 5.97 Å². The zero-order chi connectivity index (χ0) is 23.6. The van der Waals surface area contributed by atoms with Crippen LogP contribution in [-0.2, 0) is 9.53 Å². The van der Waals surface area contributed by atoms with Crippen molar-refractivity contribution in [3.63, 3.8) is 0 Å². The van der Waals surface area contributed by atoms with Crippen LogP contribution in [0.25, 0.3) is 0 Å². The number of carbonyl (C=O) groups excluding carboxylic acids is 2. The fraction of sp³-hybridized carbons (Fsp3) is 0.462. The number of hydrogen-bond donors (Lipinski definition) is 2. The molecule has 7 heteroatoms. The predicted molar refractivity (Wildman–Crippen MR) is 125 cm³/mol. The molecule has 0 bridgehead atoms. The summed E-state index contributed by atoms with van der Waals surface area (Å²) in [6.07, 6.45) is 4.94. The lowest BCUT2D eigenvalue weighted by Gasteiger charge is -2.27. The molecule has 178 valence electrons. The molecule has 0 saturated carbocycles. The topological polar surface area (TPSA) is 94.1 Å². The number of amides is 1. The third-order valence-corrected chi connectivity index (χ3v) is 5.60. The zero-order valence-corrected chi connectivity index (χ0v) is 19.3. The molecular weight excluding hydrogens is 422 g/mol. The Hall–Kier alpha value is -3.22. The summed E-state index contributed by atoms with van der Waals surface area (Å²) >= 11 is 0. The van der Waals surface area contributed by atoms with Crippen molar-refractivity contribution in [2.24, 2.45) is 0 Å². The van der Waals surface area contributed by atoms with Gasteiger partial charge in [0.15, 0.2) is 11.5 Å². The van der Waals surface area contributed by atoms with Crippen LogP contribution in [-0.4, -0.2) is 36.2 Å². The lowest BCUT2D eigenvalue weighted by molar-refractivity contribution is -0.122. The molecule has 2 atom stereocenters. The van der Waals surface area contributed by atoms with Gasteiger partial charge in [-0.2, -0.15) is 0 Å². The number of unbranched alkanes of at least 4 members (excludes halogenated alkanes) is 4. The van der Waals surface area contributed by atoms with Crippen LogP contribution in [0.4, 0.5) is 0 Å². The molecular formula is C26H33NO6. The Morgan fingerprint density at radius 3 is 2.52 bits per heavy atom. The second-order valence-electron chi connectivity index (χ2n) is 8.27. The quantitative estimate of drug-likeness (QED) is 0.369. The molecule has 1 heterocycles. The second-order valence-corrected chi connectivity index (χ2v) is 8.27. The number of rotatable bonds is 11. The molecule has 7 nitrogen and oxygen atoms in total. The average molecular weight is 456 g/mol. The lowest BCUT2D eigenvalue weighted by atomic mass is 10.0. The first-order chi connectivity index (χ1) is 16.0. The summed E-state index contributed by atoms with van der Waals surface area (Å²) in [7, 11) is 0. The highest BCUT2D eigenvalue weighted by Crippen LogP contribution is 2.35. The van der Waals surface area contributed by atoms with Crippen molar-refractivity contribution in [1.82, 2.24) is 5.32 Å². The minimum atomic E-state index is -0.781. The highest BCUT2D eigenvalue weighted by Gasteiger charge is 2.28. The van der Waals surface area contributed by atoms with Gasteiger partial charge in [0.25, 0.3) is 0 Å². The fourth-order valence-corrected chi connectivity index (χ4v) is 3.81. The maximum Gasteiger partial charge on any atom is 0.342 e. The number of aromatic hydroxyl groups is 1. The monoisotopic (exact) mass is 455 g/mol. The van der Waals surface area contributed by atoms with Gasteiger partial charge in [-0.05, 0) is 43.2 Å². The number of nitrogens with one attached hydrogen (secondary N) is 1. The molecule has 0 spiro atoms. The Balaban J connectivity index is 1.74. The number of hydrogen-bond acceptors (Lipinski definition) is 6. The largest absolute Gasteiger partial charge is 0.507 e. The van der Waals surface area contributed by atoms with Gasteiger partial charge in [0, 0.05) is 6.42 Å². The van der Waals surface area contributed by atoms with Gasteiger partial charge in [0.1, 0.15) is 30.6 Å². The Kier molecular flexibility index (Phi) is 8.98. The summed E-state index contributed by atoms with van der Waals surface area (Å²) in [6.45, 7) is 4.86. The number of benzene rings is 2. The molecule has 1 amide bonds. The van der Waals surface area contributed by atoms with Gasteiger partial charge in [-0.25, -0.2) is 4.79 Å². The summed E-state index contributed by atoms with van der Waals surface area (Å²) in [4.78, 5) is 25.4. The van der Waals surface area contributed by atoms with Crippen molar-refractivity contribution < 1.29 is 28.9 Å². The van der Waals surface area contributed by atoms with Crippen LogP contribution < -0.4 is 14.8 Å². The standard InChI is InChI=1S/C26H33NO6/c1-3-4-5-6-7-12-24(29)27-18(2)25(33-26(30)20-10-8-9-11-21(20)28)19-13-14-22-23(17-19)32-16-15-31-22/h8-11,13-14,17-18,25,28H,3-7,12,15-16H2,1-2H3,(H,27,29)/t18-,25+/m1/s1. The summed E-state index contributed by atoms with van der Waals surface area (Å²) in [5.41, 5.74) is 0.730. The normalized spacial score (nSPS) is 14.2. The predicted octanol–water partition coefficient (Wildman–Crippen LogP) is 4.93. The fourth-order valence-electron chi connectivity index (χ4n) is 3.81.